The first-order valence-electron chi connectivity index (χ1n) is 15.4. The smallest absolute Gasteiger partial charge is 0.356 e. The number of nitrogens with one attached hydrogen (secondary N) is 1. The third-order valence-electron chi connectivity index (χ3n) is 8.40. The monoisotopic (exact) mass is 596 g/mol. The van der Waals surface area contributed by atoms with E-state index in [4.69, 9.17) is 4.74 Å². The van der Waals surface area contributed by atoms with Crippen molar-refractivity contribution in [1.29, 1.82) is 0 Å². The summed E-state index contributed by atoms with van der Waals surface area (Å²) < 4.78 is 4.83. The number of Topliss-reactive ketones (excluding diaryl/α,β-unsaturated/α-hetero) is 1. The second kappa shape index (κ2) is 15.4. The number of amides is 1. The minimum Gasteiger partial charge on any atom is -0.464 e. The number of nitrogens with zero attached hydrogens (tertiary/aromatic N) is 3. The van der Waals surface area contributed by atoms with Crippen LogP contribution < -0.4 is 10.2 Å². The largest absolute Gasteiger partial charge is 0.464 e. The average Bonchev–Trinajstić information content (AvgIpc) is 3.05. The average molecular weight is 597 g/mol. The summed E-state index contributed by atoms with van der Waals surface area (Å²) in [6.07, 6.45) is 5.27. The van der Waals surface area contributed by atoms with Crippen LogP contribution in [0.4, 0.5) is 11.4 Å². The number of hydrogen-bond donors (Lipinski definition) is 1. The summed E-state index contributed by atoms with van der Waals surface area (Å²) >= 11 is 0. The molecule has 232 valence electrons. The number of pyridine rings is 1. The zero-order valence-electron chi connectivity index (χ0n) is 26.6. The Balaban J connectivity index is 1.56. The quantitative estimate of drug-likeness (QED) is 0.186. The van der Waals surface area contributed by atoms with Crippen molar-refractivity contribution in [3.63, 3.8) is 0 Å². The lowest BCUT2D eigenvalue weighted by atomic mass is 9.92. The van der Waals surface area contributed by atoms with E-state index in [1.807, 2.05) is 68.6 Å². The fourth-order valence-corrected chi connectivity index (χ4v) is 5.65. The number of methoxy groups -OCH3 is 1. The number of hydrogen-bond acceptors (Lipinski definition) is 7. The molecule has 0 radical (unpaired) electrons. The van der Waals surface area contributed by atoms with Gasteiger partial charge in [-0.3, -0.25) is 9.59 Å². The van der Waals surface area contributed by atoms with E-state index in [0.717, 1.165) is 48.8 Å². The highest BCUT2D eigenvalue weighted by Crippen LogP contribution is 2.32. The highest BCUT2D eigenvalue weighted by molar-refractivity contribution is 6.29. The van der Waals surface area contributed by atoms with E-state index in [1.165, 1.54) is 20.0 Å². The molecular weight excluding hydrogens is 552 g/mol. The van der Waals surface area contributed by atoms with E-state index in [2.05, 4.69) is 22.2 Å². The predicted molar refractivity (Wildman–Crippen MR) is 176 cm³/mol. The van der Waals surface area contributed by atoms with Gasteiger partial charge in [-0.25, -0.2) is 9.78 Å². The minimum absolute atomic E-state index is 0.0609. The van der Waals surface area contributed by atoms with Gasteiger partial charge in [0.1, 0.15) is 5.69 Å². The Morgan fingerprint density at radius 2 is 1.68 bits per heavy atom. The van der Waals surface area contributed by atoms with Crippen LogP contribution >= 0.6 is 0 Å². The highest BCUT2D eigenvalue weighted by Gasteiger charge is 2.22. The normalized spacial score (nSPS) is 14.5. The molecular formula is C36H44N4O4. The number of esters is 1. The van der Waals surface area contributed by atoms with Crippen molar-refractivity contribution in [1.82, 2.24) is 9.88 Å². The number of anilines is 2. The number of ether oxygens (including phenoxy) is 1. The van der Waals surface area contributed by atoms with Crippen molar-refractivity contribution in [3.8, 4) is 0 Å². The number of ketones is 1. The Bertz CT molecular complexity index is 1480. The fourth-order valence-electron chi connectivity index (χ4n) is 5.65. The molecule has 1 N–H and O–H groups in total. The highest BCUT2D eigenvalue weighted by atomic mass is 16.5. The van der Waals surface area contributed by atoms with Crippen molar-refractivity contribution in [2.45, 2.75) is 52.4 Å². The molecule has 1 aromatic heterocycles. The molecule has 1 fully saturated rings. The van der Waals surface area contributed by atoms with E-state index in [0.29, 0.717) is 28.9 Å². The van der Waals surface area contributed by atoms with Crippen LogP contribution in [-0.2, 0) is 14.3 Å². The zero-order chi connectivity index (χ0) is 31.6. The van der Waals surface area contributed by atoms with Gasteiger partial charge in [0.2, 0.25) is 5.91 Å². The van der Waals surface area contributed by atoms with Crippen LogP contribution in [0.25, 0.3) is 11.3 Å². The number of likely N-dealkylation sites (tertiary alicyclic amines) is 1. The molecule has 8 nitrogen and oxygen atoms in total. The van der Waals surface area contributed by atoms with E-state index in [-0.39, 0.29) is 23.8 Å². The fraction of sp³-hybridized carbons (Fsp3) is 0.389. The molecule has 0 atom stereocenters. The van der Waals surface area contributed by atoms with E-state index in [9.17, 15) is 14.4 Å². The number of allylic oxidation sites excluding steroid dienone is 1. The summed E-state index contributed by atoms with van der Waals surface area (Å²) in [7, 11) is 5.30. The van der Waals surface area contributed by atoms with Crippen LogP contribution in [0.15, 0.2) is 66.7 Å². The number of carbonyl (C=O) groups is 3. The second-order valence-corrected chi connectivity index (χ2v) is 11.5. The maximum atomic E-state index is 13.5. The number of aromatic nitrogens is 1. The van der Waals surface area contributed by atoms with Crippen LogP contribution in [0.2, 0.25) is 0 Å². The molecule has 0 spiro atoms. The lowest BCUT2D eigenvalue weighted by Gasteiger charge is -2.29. The Kier molecular flexibility index (Phi) is 11.4. The Morgan fingerprint density at radius 1 is 1.00 bits per heavy atom. The third-order valence-corrected chi connectivity index (χ3v) is 8.40. The molecule has 0 bridgehead atoms. The number of aryl methyl sites for hydroxylation is 1. The van der Waals surface area contributed by atoms with Gasteiger partial charge < -0.3 is 19.9 Å². The number of piperidine rings is 1. The SMILES string of the molecule is CCC(=O)/C(=C(\Nc1ccc(N(C)C(=O)CCCC2CCN(C)CC2)cc1)c1ccccc1)c1ccc(C(=O)OC)nc1C. The van der Waals surface area contributed by atoms with Crippen molar-refractivity contribution >= 4 is 40.3 Å². The molecule has 1 amide bonds. The van der Waals surface area contributed by atoms with Crippen molar-refractivity contribution in [2.24, 2.45) is 5.92 Å². The van der Waals surface area contributed by atoms with Crippen LogP contribution in [0.5, 0.6) is 0 Å². The number of carbonyl (C=O) groups excluding carboxylic acids is 3. The molecule has 2 aromatic carbocycles. The van der Waals surface area contributed by atoms with Gasteiger partial charge in [0.05, 0.1) is 18.4 Å². The molecule has 0 aliphatic carbocycles. The van der Waals surface area contributed by atoms with Crippen molar-refractivity contribution in [2.75, 3.05) is 44.5 Å². The minimum atomic E-state index is -0.533. The van der Waals surface area contributed by atoms with E-state index >= 15 is 0 Å². The van der Waals surface area contributed by atoms with Gasteiger partial charge in [-0.05, 0) is 101 Å². The third kappa shape index (κ3) is 8.20. The molecule has 44 heavy (non-hydrogen) atoms. The molecule has 0 saturated carbocycles. The summed E-state index contributed by atoms with van der Waals surface area (Å²) in [5, 5.41) is 3.49. The molecule has 1 aliphatic heterocycles. The maximum absolute atomic E-state index is 13.5. The van der Waals surface area contributed by atoms with Crippen LogP contribution in [0.1, 0.15) is 72.8 Å². The van der Waals surface area contributed by atoms with Gasteiger partial charge in [0, 0.05) is 42.5 Å². The number of benzene rings is 2. The summed E-state index contributed by atoms with van der Waals surface area (Å²) in [6.45, 7) is 5.90. The first-order chi connectivity index (χ1) is 21.2. The first kappa shape index (κ1) is 32.6. The Hall–Kier alpha value is -4.30. The maximum Gasteiger partial charge on any atom is 0.356 e. The van der Waals surface area contributed by atoms with Crippen molar-refractivity contribution < 1.29 is 19.1 Å². The lowest BCUT2D eigenvalue weighted by Crippen LogP contribution is -2.30. The van der Waals surface area contributed by atoms with Crippen LogP contribution in [-0.4, -0.2) is 61.8 Å². The Labute approximate surface area is 261 Å². The van der Waals surface area contributed by atoms with E-state index < -0.39 is 5.97 Å². The van der Waals surface area contributed by atoms with E-state index in [1.54, 1.807) is 24.0 Å². The second-order valence-electron chi connectivity index (χ2n) is 11.5. The summed E-state index contributed by atoms with van der Waals surface area (Å²) in [5.41, 5.74) is 4.91. The molecule has 8 heteroatoms. The summed E-state index contributed by atoms with van der Waals surface area (Å²) in [4.78, 5) is 47.1. The van der Waals surface area contributed by atoms with Gasteiger partial charge in [-0.15, -0.1) is 0 Å². The molecule has 1 saturated heterocycles. The summed E-state index contributed by atoms with van der Waals surface area (Å²) in [5.74, 6) is 0.234. The van der Waals surface area contributed by atoms with Crippen LogP contribution in [0, 0.1) is 12.8 Å². The Morgan fingerprint density at radius 3 is 2.30 bits per heavy atom. The predicted octanol–water partition coefficient (Wildman–Crippen LogP) is 6.61. The molecule has 2 heterocycles. The van der Waals surface area contributed by atoms with Gasteiger partial charge in [-0.1, -0.05) is 37.3 Å². The van der Waals surface area contributed by atoms with Gasteiger partial charge in [-0.2, -0.15) is 0 Å². The van der Waals surface area contributed by atoms with Crippen molar-refractivity contribution in [3.05, 3.63) is 89.2 Å². The lowest BCUT2D eigenvalue weighted by molar-refractivity contribution is -0.118. The molecule has 4 rings (SSSR count). The number of rotatable bonds is 12. The standard InChI is InChI=1S/C36H44N4O4/c1-6-32(41)34(30-19-20-31(36(43)44-5)37-25(30)2)35(27-12-8-7-9-13-27)38-28-15-17-29(18-16-28)40(4)33(42)14-10-11-26-21-23-39(3)24-22-26/h7-9,12-13,15-20,26,38H,6,10-11,14,21-24H2,1-5H3/b35-34-. The summed E-state index contributed by atoms with van der Waals surface area (Å²) in [6, 6.07) is 20.7. The van der Waals surface area contributed by atoms with Gasteiger partial charge >= 0.3 is 5.97 Å². The first-order valence-corrected chi connectivity index (χ1v) is 15.4. The van der Waals surface area contributed by atoms with Crippen LogP contribution in [0.3, 0.4) is 0 Å². The van der Waals surface area contributed by atoms with Gasteiger partial charge in [0.15, 0.2) is 5.78 Å². The molecule has 0 unspecified atom stereocenters. The zero-order valence-corrected chi connectivity index (χ0v) is 26.6. The molecule has 1 aliphatic rings. The topological polar surface area (TPSA) is 91.8 Å². The van der Waals surface area contributed by atoms with Gasteiger partial charge in [0.25, 0.3) is 0 Å². The molecule has 3 aromatic rings.